The second-order valence-electron chi connectivity index (χ2n) is 6.62. The van der Waals surface area contributed by atoms with Crippen LogP contribution in [0.4, 0.5) is 5.69 Å². The lowest BCUT2D eigenvalue weighted by Gasteiger charge is -2.22. The quantitative estimate of drug-likeness (QED) is 0.260. The summed E-state index contributed by atoms with van der Waals surface area (Å²) in [7, 11) is 2.11. The number of halogens is 3. The highest BCUT2D eigenvalue weighted by atomic mass is 127. The molecule has 0 radical (unpaired) electrons. The molecule has 2 nitrogen and oxygen atoms in total. The van der Waals surface area contributed by atoms with Crippen molar-refractivity contribution in [3.05, 3.63) is 71.4 Å². The molecule has 0 N–H and O–H groups in total. The van der Waals surface area contributed by atoms with Gasteiger partial charge < -0.3 is 28.9 Å². The molecule has 0 unspecified atom stereocenters. The fraction of sp³-hybridized carbons (Fsp3) is 0.261. The lowest BCUT2D eigenvalue weighted by molar-refractivity contribution is -0.646. The van der Waals surface area contributed by atoms with Gasteiger partial charge in [-0.2, -0.15) is 4.57 Å². The number of hydrogen-bond acceptors (Lipinski definition) is 1. The van der Waals surface area contributed by atoms with E-state index in [-0.39, 0.29) is 24.0 Å². The normalized spacial score (nSPS) is 11.0. The largest absolute Gasteiger partial charge is 1.00 e. The van der Waals surface area contributed by atoms with E-state index in [1.807, 2.05) is 0 Å². The molecule has 0 aliphatic rings. The molecule has 0 aliphatic heterocycles. The number of fused-ring (bicyclic) bond motifs is 1. The van der Waals surface area contributed by atoms with Gasteiger partial charge in [-0.1, -0.05) is 24.3 Å². The maximum Gasteiger partial charge on any atom is 0.212 e. The van der Waals surface area contributed by atoms with Crippen molar-refractivity contribution in [2.45, 2.75) is 6.92 Å². The Morgan fingerprint density at radius 1 is 0.929 bits per heavy atom. The van der Waals surface area contributed by atoms with E-state index >= 15 is 0 Å². The van der Waals surface area contributed by atoms with Crippen LogP contribution in [-0.2, 0) is 7.05 Å². The Morgan fingerprint density at radius 2 is 1.57 bits per heavy atom. The van der Waals surface area contributed by atoms with E-state index in [1.165, 1.54) is 27.7 Å². The molecule has 0 fully saturated rings. The van der Waals surface area contributed by atoms with Crippen molar-refractivity contribution < 1.29 is 28.5 Å². The number of aromatic nitrogens is 1. The van der Waals surface area contributed by atoms with Gasteiger partial charge in [0.05, 0.1) is 0 Å². The zero-order valence-electron chi connectivity index (χ0n) is 16.2. The minimum Gasteiger partial charge on any atom is -1.00 e. The van der Waals surface area contributed by atoms with Gasteiger partial charge >= 0.3 is 0 Å². The van der Waals surface area contributed by atoms with E-state index in [4.69, 9.17) is 23.2 Å². The minimum atomic E-state index is 0. The molecular formula is C23H25Cl2IN2. The molecule has 0 spiro atoms. The average molecular weight is 527 g/mol. The van der Waals surface area contributed by atoms with Crippen molar-refractivity contribution in [2.24, 2.45) is 7.05 Å². The number of anilines is 1. The van der Waals surface area contributed by atoms with E-state index in [0.29, 0.717) is 11.8 Å². The van der Waals surface area contributed by atoms with Gasteiger partial charge in [0.1, 0.15) is 7.05 Å². The highest BCUT2D eigenvalue weighted by Gasteiger charge is 2.11. The number of hydrogen-bond donors (Lipinski definition) is 0. The molecular weight excluding hydrogens is 502 g/mol. The molecule has 0 bridgehead atoms. The molecule has 28 heavy (non-hydrogen) atoms. The van der Waals surface area contributed by atoms with Gasteiger partial charge in [-0.3, -0.25) is 0 Å². The van der Waals surface area contributed by atoms with Gasteiger partial charge in [-0.05, 0) is 42.3 Å². The third-order valence-corrected chi connectivity index (χ3v) is 5.19. The van der Waals surface area contributed by atoms with Crippen LogP contribution in [0.5, 0.6) is 0 Å². The van der Waals surface area contributed by atoms with Crippen LogP contribution < -0.4 is 33.4 Å². The van der Waals surface area contributed by atoms with E-state index in [0.717, 1.165) is 18.8 Å². The zero-order chi connectivity index (χ0) is 19.2. The second-order valence-corrected chi connectivity index (χ2v) is 7.37. The molecule has 5 heteroatoms. The van der Waals surface area contributed by atoms with Crippen molar-refractivity contribution in [1.29, 1.82) is 0 Å². The van der Waals surface area contributed by atoms with Crippen LogP contribution in [0.1, 0.15) is 16.8 Å². The predicted molar refractivity (Wildman–Crippen MR) is 119 cm³/mol. The monoisotopic (exact) mass is 526 g/mol. The van der Waals surface area contributed by atoms with Gasteiger partial charge in [0.25, 0.3) is 0 Å². The van der Waals surface area contributed by atoms with E-state index < -0.39 is 0 Å². The molecule has 3 aromatic rings. The summed E-state index contributed by atoms with van der Waals surface area (Å²) in [5.41, 5.74) is 6.03. The fourth-order valence-electron chi connectivity index (χ4n) is 3.35. The number of pyridine rings is 1. The molecule has 0 saturated heterocycles. The lowest BCUT2D eigenvalue weighted by Crippen LogP contribution is -3.00. The smallest absolute Gasteiger partial charge is 0.212 e. The molecule has 1 aromatic heterocycles. The van der Waals surface area contributed by atoms with Crippen LogP contribution in [0, 0.1) is 6.92 Å². The first kappa shape index (κ1) is 23.0. The number of aryl methyl sites for hydroxylation is 2. The van der Waals surface area contributed by atoms with Gasteiger partial charge in [0.15, 0.2) is 0 Å². The van der Waals surface area contributed by atoms with Gasteiger partial charge in [0.2, 0.25) is 11.2 Å². The molecule has 0 atom stereocenters. The SMILES string of the molecule is Cc1cc(/C=C/c2ccc(N(CCCl)CCCl)cc2)[n+](C)c2ccccc12.[I-]. The van der Waals surface area contributed by atoms with Crippen LogP contribution in [0.15, 0.2) is 54.6 Å². The first-order valence-electron chi connectivity index (χ1n) is 9.17. The third kappa shape index (κ3) is 5.40. The topological polar surface area (TPSA) is 7.12 Å². The van der Waals surface area contributed by atoms with Crippen LogP contribution in [0.3, 0.4) is 0 Å². The minimum absolute atomic E-state index is 0. The number of rotatable bonds is 7. The Kier molecular flexibility index (Phi) is 9.06. The number of para-hydroxylation sites is 1. The summed E-state index contributed by atoms with van der Waals surface area (Å²) in [5, 5.41) is 1.29. The number of nitrogens with zero attached hydrogens (tertiary/aromatic N) is 2. The first-order chi connectivity index (χ1) is 13.1. The highest BCUT2D eigenvalue weighted by molar-refractivity contribution is 6.18. The summed E-state index contributed by atoms with van der Waals surface area (Å²) in [6, 6.07) is 19.3. The molecule has 2 aromatic carbocycles. The van der Waals surface area contributed by atoms with Gasteiger partial charge in [0, 0.05) is 54.1 Å². The van der Waals surface area contributed by atoms with Crippen LogP contribution >= 0.6 is 23.2 Å². The molecule has 3 rings (SSSR count). The van der Waals surface area contributed by atoms with Crippen molar-refractivity contribution in [2.75, 3.05) is 29.7 Å². The Hall–Kier alpha value is -1.30. The molecule has 148 valence electrons. The Labute approximate surface area is 194 Å². The summed E-state index contributed by atoms with van der Waals surface area (Å²) in [4.78, 5) is 2.21. The summed E-state index contributed by atoms with van der Waals surface area (Å²) < 4.78 is 2.23. The molecule has 0 saturated carbocycles. The van der Waals surface area contributed by atoms with E-state index in [2.05, 4.69) is 90.2 Å². The summed E-state index contributed by atoms with van der Waals surface area (Å²) in [6.45, 7) is 3.77. The van der Waals surface area contributed by atoms with Crippen LogP contribution in [0.25, 0.3) is 23.1 Å². The summed E-state index contributed by atoms with van der Waals surface area (Å²) >= 11 is 11.8. The van der Waals surface area contributed by atoms with Gasteiger partial charge in [-0.25, -0.2) is 0 Å². The van der Waals surface area contributed by atoms with E-state index in [9.17, 15) is 0 Å². The molecule has 1 heterocycles. The van der Waals surface area contributed by atoms with Crippen molar-refractivity contribution >= 4 is 51.9 Å². The molecule has 0 amide bonds. The van der Waals surface area contributed by atoms with Crippen LogP contribution in [-0.4, -0.2) is 24.8 Å². The Bertz CT molecular complexity index is 933. The van der Waals surface area contributed by atoms with Crippen molar-refractivity contribution in [1.82, 2.24) is 0 Å². The van der Waals surface area contributed by atoms with Crippen LogP contribution in [0.2, 0.25) is 0 Å². The Morgan fingerprint density at radius 3 is 2.21 bits per heavy atom. The van der Waals surface area contributed by atoms with E-state index in [1.54, 1.807) is 0 Å². The first-order valence-corrected chi connectivity index (χ1v) is 10.2. The second kappa shape index (κ2) is 11.0. The predicted octanol–water partition coefficient (Wildman–Crippen LogP) is 2.43. The average Bonchev–Trinajstić information content (AvgIpc) is 2.70. The number of alkyl halides is 2. The highest BCUT2D eigenvalue weighted by Crippen LogP contribution is 2.19. The zero-order valence-corrected chi connectivity index (χ0v) is 19.9. The maximum absolute atomic E-state index is 5.90. The number of benzene rings is 2. The summed E-state index contributed by atoms with van der Waals surface area (Å²) in [5.74, 6) is 1.19. The standard InChI is InChI=1S/C23H25Cl2N2.HI/c1-18-17-21(26(2)23-6-4-3-5-22(18)23)12-9-19-7-10-20(11-8-19)27(15-13-24)16-14-25;/h3-12,17H,13-16H2,1-2H3;1H/q+1;/p-1. The molecule has 0 aliphatic carbocycles. The maximum atomic E-state index is 5.90. The van der Waals surface area contributed by atoms with Gasteiger partial charge in [-0.15, -0.1) is 23.2 Å². The fourth-order valence-corrected chi connectivity index (χ4v) is 3.75. The lowest BCUT2D eigenvalue weighted by atomic mass is 10.1. The van der Waals surface area contributed by atoms with Crippen molar-refractivity contribution in [3.8, 4) is 0 Å². The van der Waals surface area contributed by atoms with Crippen molar-refractivity contribution in [3.63, 3.8) is 0 Å². The summed E-state index contributed by atoms with van der Waals surface area (Å²) in [6.07, 6.45) is 4.32. The Balaban J connectivity index is 0.00000280. The third-order valence-electron chi connectivity index (χ3n) is 4.86.